The fourth-order valence-corrected chi connectivity index (χ4v) is 2.68. The van der Waals surface area contributed by atoms with Crippen LogP contribution in [0.3, 0.4) is 0 Å². The molecule has 1 saturated heterocycles. The molecule has 0 radical (unpaired) electrons. The maximum Gasteiger partial charge on any atom is 0.256 e. The number of nitrogens with zero attached hydrogens (tertiary/aromatic N) is 1. The average Bonchev–Trinajstić information content (AvgIpc) is 2.35. The number of rotatable bonds is 1. The van der Waals surface area contributed by atoms with Gasteiger partial charge in [0.25, 0.3) is 5.91 Å². The van der Waals surface area contributed by atoms with Gasteiger partial charge >= 0.3 is 0 Å². The number of alkyl halides is 1. The molecular formula is C13H14BrClFNO. The number of carbonyl (C=O) groups is 1. The Morgan fingerprint density at radius 2 is 2.28 bits per heavy atom. The highest BCUT2D eigenvalue weighted by atomic mass is 79.9. The zero-order valence-corrected chi connectivity index (χ0v) is 12.3. The van der Waals surface area contributed by atoms with Crippen LogP contribution in [0, 0.1) is 11.7 Å². The largest absolute Gasteiger partial charge is 0.338 e. The van der Waals surface area contributed by atoms with E-state index >= 15 is 0 Å². The molecule has 98 valence electrons. The van der Waals surface area contributed by atoms with E-state index in [0.717, 1.165) is 6.42 Å². The molecule has 1 aliphatic heterocycles. The Bertz CT molecular complexity index is 468. The Hall–Kier alpha value is -0.610. The van der Waals surface area contributed by atoms with E-state index in [4.69, 9.17) is 11.6 Å². The lowest BCUT2D eigenvalue weighted by Crippen LogP contribution is -2.43. The van der Waals surface area contributed by atoms with Crippen molar-refractivity contribution < 1.29 is 9.18 Å². The van der Waals surface area contributed by atoms with Gasteiger partial charge in [0.15, 0.2) is 0 Å². The highest BCUT2D eigenvalue weighted by Gasteiger charge is 2.28. The van der Waals surface area contributed by atoms with Gasteiger partial charge in [0, 0.05) is 22.9 Å². The van der Waals surface area contributed by atoms with Crippen LogP contribution in [0.4, 0.5) is 4.39 Å². The maximum absolute atomic E-state index is 13.6. The third-order valence-electron chi connectivity index (χ3n) is 3.25. The molecule has 1 aliphatic rings. The van der Waals surface area contributed by atoms with Gasteiger partial charge in [0.1, 0.15) is 5.82 Å². The molecule has 0 saturated carbocycles. The summed E-state index contributed by atoms with van der Waals surface area (Å²) < 4.78 is 13.6. The standard InChI is InChI=1S/C13H14BrClFNO/c1-8-7-17(5-4-11(8)14)13(18)10-6-9(15)2-3-12(10)16/h2-3,6,8,11H,4-5,7H2,1H3. The smallest absolute Gasteiger partial charge is 0.256 e. The summed E-state index contributed by atoms with van der Waals surface area (Å²) in [7, 11) is 0. The van der Waals surface area contributed by atoms with Crippen molar-refractivity contribution in [2.75, 3.05) is 13.1 Å². The first-order chi connectivity index (χ1) is 8.49. The second-order valence-electron chi connectivity index (χ2n) is 4.66. The van der Waals surface area contributed by atoms with E-state index in [-0.39, 0.29) is 11.5 Å². The number of likely N-dealkylation sites (tertiary alicyclic amines) is 1. The SMILES string of the molecule is CC1CN(C(=O)c2cc(Cl)ccc2F)CCC1Br. The Morgan fingerprint density at radius 3 is 2.94 bits per heavy atom. The van der Waals surface area contributed by atoms with Gasteiger partial charge in [-0.25, -0.2) is 4.39 Å². The normalized spacial score (nSPS) is 24.1. The predicted molar refractivity (Wildman–Crippen MR) is 73.8 cm³/mol. The van der Waals surface area contributed by atoms with Crippen molar-refractivity contribution in [3.63, 3.8) is 0 Å². The minimum atomic E-state index is -0.516. The van der Waals surface area contributed by atoms with Crippen LogP contribution in [-0.2, 0) is 0 Å². The molecule has 18 heavy (non-hydrogen) atoms. The maximum atomic E-state index is 13.6. The molecule has 1 amide bonds. The molecule has 2 nitrogen and oxygen atoms in total. The Kier molecular flexibility index (Phi) is 4.28. The lowest BCUT2D eigenvalue weighted by molar-refractivity contribution is 0.0686. The zero-order chi connectivity index (χ0) is 13.3. The van der Waals surface area contributed by atoms with Gasteiger partial charge in [0.05, 0.1) is 5.56 Å². The van der Waals surface area contributed by atoms with Crippen molar-refractivity contribution in [1.29, 1.82) is 0 Å². The number of amides is 1. The molecule has 0 aromatic heterocycles. The number of hydrogen-bond donors (Lipinski definition) is 0. The summed E-state index contributed by atoms with van der Waals surface area (Å²) in [5.74, 6) is -0.427. The van der Waals surface area contributed by atoms with Crippen molar-refractivity contribution in [3.05, 3.63) is 34.6 Å². The fourth-order valence-electron chi connectivity index (χ4n) is 2.13. The highest BCUT2D eigenvalue weighted by Crippen LogP contribution is 2.25. The lowest BCUT2D eigenvalue weighted by Gasteiger charge is -2.34. The van der Waals surface area contributed by atoms with Gasteiger partial charge in [-0.05, 0) is 30.5 Å². The van der Waals surface area contributed by atoms with Gasteiger partial charge < -0.3 is 4.90 Å². The lowest BCUT2D eigenvalue weighted by atomic mass is 9.99. The van der Waals surface area contributed by atoms with Crippen LogP contribution >= 0.6 is 27.5 Å². The van der Waals surface area contributed by atoms with E-state index in [0.29, 0.717) is 28.9 Å². The van der Waals surface area contributed by atoms with Crippen LogP contribution in [0.5, 0.6) is 0 Å². The van der Waals surface area contributed by atoms with Crippen molar-refractivity contribution in [2.24, 2.45) is 5.92 Å². The molecule has 1 aromatic rings. The highest BCUT2D eigenvalue weighted by molar-refractivity contribution is 9.09. The molecule has 1 heterocycles. The number of hydrogen-bond acceptors (Lipinski definition) is 1. The van der Waals surface area contributed by atoms with E-state index in [2.05, 4.69) is 22.9 Å². The second-order valence-corrected chi connectivity index (χ2v) is 6.27. The van der Waals surface area contributed by atoms with E-state index in [9.17, 15) is 9.18 Å². The van der Waals surface area contributed by atoms with Gasteiger partial charge in [-0.3, -0.25) is 4.79 Å². The summed E-state index contributed by atoms with van der Waals surface area (Å²) in [6.07, 6.45) is 0.884. The summed E-state index contributed by atoms with van der Waals surface area (Å²) in [5.41, 5.74) is 0.0581. The van der Waals surface area contributed by atoms with Crippen LogP contribution in [-0.4, -0.2) is 28.7 Å². The van der Waals surface area contributed by atoms with Gasteiger partial charge in [-0.15, -0.1) is 0 Å². The summed E-state index contributed by atoms with van der Waals surface area (Å²) in [5, 5.41) is 0.378. The number of benzene rings is 1. The van der Waals surface area contributed by atoms with E-state index < -0.39 is 5.82 Å². The summed E-state index contributed by atoms with van der Waals surface area (Å²) in [6.45, 7) is 3.36. The second kappa shape index (κ2) is 5.57. The van der Waals surface area contributed by atoms with Gasteiger partial charge in [-0.1, -0.05) is 34.5 Å². The van der Waals surface area contributed by atoms with Crippen LogP contribution in [0.15, 0.2) is 18.2 Å². The first-order valence-corrected chi connectivity index (χ1v) is 7.17. The third kappa shape index (κ3) is 2.86. The van der Waals surface area contributed by atoms with Gasteiger partial charge in [-0.2, -0.15) is 0 Å². The zero-order valence-electron chi connectivity index (χ0n) is 10.00. The molecule has 0 N–H and O–H groups in total. The number of carbonyl (C=O) groups excluding carboxylic acids is 1. The Balaban J connectivity index is 2.19. The van der Waals surface area contributed by atoms with E-state index in [1.807, 2.05) is 0 Å². The van der Waals surface area contributed by atoms with E-state index in [1.54, 1.807) is 4.90 Å². The molecule has 2 atom stereocenters. The van der Waals surface area contributed by atoms with Crippen molar-refractivity contribution in [3.8, 4) is 0 Å². The van der Waals surface area contributed by atoms with E-state index in [1.165, 1.54) is 18.2 Å². The molecule has 0 spiro atoms. The van der Waals surface area contributed by atoms with Crippen molar-refractivity contribution >= 4 is 33.4 Å². The average molecular weight is 335 g/mol. The molecule has 2 unspecified atom stereocenters. The molecule has 0 aliphatic carbocycles. The number of piperidine rings is 1. The first kappa shape index (κ1) is 13.8. The van der Waals surface area contributed by atoms with Crippen molar-refractivity contribution in [1.82, 2.24) is 4.90 Å². The quantitative estimate of drug-likeness (QED) is 0.717. The van der Waals surface area contributed by atoms with Crippen molar-refractivity contribution in [2.45, 2.75) is 18.2 Å². The van der Waals surface area contributed by atoms with Crippen LogP contribution < -0.4 is 0 Å². The Labute approximate surface area is 119 Å². The molecular weight excluding hydrogens is 321 g/mol. The Morgan fingerprint density at radius 1 is 1.56 bits per heavy atom. The summed E-state index contributed by atoms with van der Waals surface area (Å²) in [4.78, 5) is 14.4. The minimum absolute atomic E-state index is 0.0581. The van der Waals surface area contributed by atoms with Crippen LogP contribution in [0.2, 0.25) is 5.02 Å². The summed E-state index contributed by atoms with van der Waals surface area (Å²) in [6, 6.07) is 4.07. The third-order valence-corrected chi connectivity index (χ3v) is 4.84. The predicted octanol–water partition coefficient (Wildman–Crippen LogP) is 3.72. The number of halogens is 3. The van der Waals surface area contributed by atoms with Crippen LogP contribution in [0.25, 0.3) is 0 Å². The minimum Gasteiger partial charge on any atom is -0.338 e. The summed E-state index contributed by atoms with van der Waals surface area (Å²) >= 11 is 9.39. The fraction of sp³-hybridized carbons (Fsp3) is 0.462. The molecule has 1 aromatic carbocycles. The topological polar surface area (TPSA) is 20.3 Å². The first-order valence-electron chi connectivity index (χ1n) is 5.87. The molecule has 0 bridgehead atoms. The molecule has 2 rings (SSSR count). The van der Waals surface area contributed by atoms with Gasteiger partial charge in [0.2, 0.25) is 0 Å². The molecule has 1 fully saturated rings. The molecule has 5 heteroatoms. The van der Waals surface area contributed by atoms with Crippen LogP contribution in [0.1, 0.15) is 23.7 Å². The monoisotopic (exact) mass is 333 g/mol.